The summed E-state index contributed by atoms with van der Waals surface area (Å²) >= 11 is 1.38. The Bertz CT molecular complexity index is 923. The number of carboxylic acids is 1. The molecule has 0 unspecified atom stereocenters. The summed E-state index contributed by atoms with van der Waals surface area (Å²) in [6.45, 7) is 1.53. The van der Waals surface area contributed by atoms with Crippen LogP contribution in [-0.2, 0) is 4.79 Å². The number of amides is 1. The van der Waals surface area contributed by atoms with Crippen molar-refractivity contribution in [3.63, 3.8) is 0 Å². The zero-order valence-electron chi connectivity index (χ0n) is 13.8. The molecule has 3 rings (SSSR count). The van der Waals surface area contributed by atoms with E-state index in [9.17, 15) is 9.59 Å². The lowest BCUT2D eigenvalue weighted by Crippen LogP contribution is -2.11. The van der Waals surface area contributed by atoms with Crippen LogP contribution in [0.3, 0.4) is 0 Å². The molecule has 0 aliphatic rings. The van der Waals surface area contributed by atoms with E-state index in [1.54, 1.807) is 48.8 Å². The lowest BCUT2D eigenvalue weighted by atomic mass is 10.1. The Morgan fingerprint density at radius 3 is 2.50 bits per heavy atom. The Labute approximate surface area is 153 Å². The molecule has 26 heavy (non-hydrogen) atoms. The Hall–Kier alpha value is -3.26. The Morgan fingerprint density at radius 1 is 1.15 bits per heavy atom. The second kappa shape index (κ2) is 7.75. The van der Waals surface area contributed by atoms with Crippen molar-refractivity contribution in [2.24, 2.45) is 0 Å². The third kappa shape index (κ3) is 4.22. The monoisotopic (exact) mass is 369 g/mol. The predicted octanol–water partition coefficient (Wildman–Crippen LogP) is 3.23. The summed E-state index contributed by atoms with van der Waals surface area (Å²) in [4.78, 5) is 32.1. The molecular formula is C18H15N3O4S. The average Bonchev–Trinajstić information content (AvgIpc) is 3.01. The van der Waals surface area contributed by atoms with Gasteiger partial charge in [-0.15, -0.1) is 11.3 Å². The summed E-state index contributed by atoms with van der Waals surface area (Å²) in [7, 11) is 0. The zero-order chi connectivity index (χ0) is 18.5. The average molecular weight is 369 g/mol. The van der Waals surface area contributed by atoms with Crippen LogP contribution in [0.2, 0.25) is 0 Å². The molecule has 0 aliphatic heterocycles. The number of nitrogens with one attached hydrogen (secondary N) is 1. The maximum atomic E-state index is 12.2. The van der Waals surface area contributed by atoms with Gasteiger partial charge in [0.2, 0.25) is 0 Å². The highest BCUT2D eigenvalue weighted by Crippen LogP contribution is 2.31. The second-order valence-corrected chi connectivity index (χ2v) is 6.52. The lowest BCUT2D eigenvalue weighted by Gasteiger charge is -2.04. The predicted molar refractivity (Wildman–Crippen MR) is 97.6 cm³/mol. The third-order valence-corrected chi connectivity index (χ3v) is 4.34. The van der Waals surface area contributed by atoms with Crippen LogP contribution in [0.25, 0.3) is 11.3 Å². The number of rotatable bonds is 6. The van der Waals surface area contributed by atoms with Gasteiger partial charge >= 0.3 is 5.97 Å². The van der Waals surface area contributed by atoms with Gasteiger partial charge in [-0.05, 0) is 43.3 Å². The minimum absolute atomic E-state index is 0.245. The SMILES string of the molecule is Cc1sc(NC(=O)c2ccncc2)nc1-c1ccc(OCC(=O)O)cc1. The number of pyridine rings is 1. The molecule has 8 heteroatoms. The van der Waals surface area contributed by atoms with Crippen molar-refractivity contribution in [1.29, 1.82) is 0 Å². The topological polar surface area (TPSA) is 101 Å². The van der Waals surface area contributed by atoms with Gasteiger partial charge in [0.1, 0.15) is 5.75 Å². The van der Waals surface area contributed by atoms with E-state index in [1.807, 2.05) is 6.92 Å². The van der Waals surface area contributed by atoms with Crippen LogP contribution in [0.4, 0.5) is 5.13 Å². The van der Waals surface area contributed by atoms with Crippen LogP contribution in [0.15, 0.2) is 48.8 Å². The molecule has 0 aliphatic carbocycles. The first kappa shape index (κ1) is 17.6. The number of carbonyl (C=O) groups is 2. The molecule has 1 amide bonds. The Balaban J connectivity index is 1.73. The maximum Gasteiger partial charge on any atom is 0.341 e. The number of benzene rings is 1. The van der Waals surface area contributed by atoms with Crippen LogP contribution in [0.1, 0.15) is 15.2 Å². The molecule has 0 saturated heterocycles. The lowest BCUT2D eigenvalue weighted by molar-refractivity contribution is -0.139. The van der Waals surface area contributed by atoms with Gasteiger partial charge in [0.25, 0.3) is 5.91 Å². The molecule has 2 N–H and O–H groups in total. The van der Waals surface area contributed by atoms with E-state index >= 15 is 0 Å². The number of hydrogen-bond donors (Lipinski definition) is 2. The van der Waals surface area contributed by atoms with Crippen molar-refractivity contribution in [2.75, 3.05) is 11.9 Å². The first-order chi connectivity index (χ1) is 12.5. The Morgan fingerprint density at radius 2 is 1.85 bits per heavy atom. The van der Waals surface area contributed by atoms with Crippen molar-refractivity contribution in [3.05, 3.63) is 59.2 Å². The van der Waals surface area contributed by atoms with Gasteiger partial charge in [-0.25, -0.2) is 9.78 Å². The van der Waals surface area contributed by atoms with E-state index in [4.69, 9.17) is 9.84 Å². The molecule has 132 valence electrons. The van der Waals surface area contributed by atoms with Gasteiger partial charge < -0.3 is 9.84 Å². The fraction of sp³-hybridized carbons (Fsp3) is 0.111. The summed E-state index contributed by atoms with van der Waals surface area (Å²) in [5, 5.41) is 11.9. The van der Waals surface area contributed by atoms with Crippen molar-refractivity contribution >= 4 is 28.3 Å². The summed E-state index contributed by atoms with van der Waals surface area (Å²) < 4.78 is 5.12. The smallest absolute Gasteiger partial charge is 0.341 e. The zero-order valence-corrected chi connectivity index (χ0v) is 14.6. The first-order valence-corrected chi connectivity index (χ1v) is 8.48. The molecule has 0 spiro atoms. The highest BCUT2D eigenvalue weighted by atomic mass is 32.1. The number of thiazole rings is 1. The minimum atomic E-state index is -1.03. The molecule has 3 aromatic rings. The molecule has 0 fully saturated rings. The van der Waals surface area contributed by atoms with Gasteiger partial charge in [-0.1, -0.05) is 0 Å². The van der Waals surface area contributed by atoms with E-state index in [2.05, 4.69) is 15.3 Å². The summed E-state index contributed by atoms with van der Waals surface area (Å²) in [6, 6.07) is 10.2. The molecule has 1 aromatic carbocycles. The van der Waals surface area contributed by atoms with Gasteiger partial charge in [0.15, 0.2) is 11.7 Å². The minimum Gasteiger partial charge on any atom is -0.482 e. The number of aromatic nitrogens is 2. The van der Waals surface area contributed by atoms with Crippen LogP contribution in [0.5, 0.6) is 5.75 Å². The standard InChI is InChI=1S/C18H15N3O4S/c1-11-16(12-2-4-14(5-3-12)25-10-15(22)23)20-18(26-11)21-17(24)13-6-8-19-9-7-13/h2-9H,10H2,1H3,(H,22,23)(H,20,21,24). The number of aliphatic carboxylic acids is 1. The van der Waals surface area contributed by atoms with E-state index in [1.165, 1.54) is 11.3 Å². The molecule has 7 nitrogen and oxygen atoms in total. The molecule has 0 radical (unpaired) electrons. The fourth-order valence-electron chi connectivity index (χ4n) is 2.24. The second-order valence-electron chi connectivity index (χ2n) is 5.32. The van der Waals surface area contributed by atoms with Crippen LogP contribution < -0.4 is 10.1 Å². The normalized spacial score (nSPS) is 10.3. The van der Waals surface area contributed by atoms with E-state index in [0.29, 0.717) is 16.4 Å². The molecule has 0 saturated carbocycles. The number of anilines is 1. The Kier molecular flexibility index (Phi) is 5.23. The largest absolute Gasteiger partial charge is 0.482 e. The fourth-order valence-corrected chi connectivity index (χ4v) is 3.08. The highest BCUT2D eigenvalue weighted by molar-refractivity contribution is 7.16. The number of hydrogen-bond acceptors (Lipinski definition) is 6. The number of ether oxygens (including phenoxy) is 1. The number of carboxylic acid groups (broad SMARTS) is 1. The molecule has 0 atom stereocenters. The van der Waals surface area contributed by atoms with E-state index in [-0.39, 0.29) is 12.5 Å². The molecule has 0 bridgehead atoms. The molecule has 2 aromatic heterocycles. The summed E-state index contributed by atoms with van der Waals surface area (Å²) in [5.74, 6) is -0.806. The van der Waals surface area contributed by atoms with Crippen molar-refractivity contribution < 1.29 is 19.4 Å². The molecule has 2 heterocycles. The van der Waals surface area contributed by atoms with Gasteiger partial charge in [0.05, 0.1) is 5.69 Å². The van der Waals surface area contributed by atoms with Crippen molar-refractivity contribution in [1.82, 2.24) is 9.97 Å². The summed E-state index contributed by atoms with van der Waals surface area (Å²) in [6.07, 6.45) is 3.11. The number of nitrogens with zero attached hydrogens (tertiary/aromatic N) is 2. The van der Waals surface area contributed by atoms with Crippen molar-refractivity contribution in [2.45, 2.75) is 6.92 Å². The molecular weight excluding hydrogens is 354 g/mol. The van der Waals surface area contributed by atoms with E-state index in [0.717, 1.165) is 16.1 Å². The van der Waals surface area contributed by atoms with Gasteiger partial charge in [-0.3, -0.25) is 15.1 Å². The third-order valence-electron chi connectivity index (χ3n) is 3.45. The van der Waals surface area contributed by atoms with Gasteiger partial charge in [0, 0.05) is 28.4 Å². The van der Waals surface area contributed by atoms with Crippen molar-refractivity contribution in [3.8, 4) is 17.0 Å². The van der Waals surface area contributed by atoms with E-state index < -0.39 is 5.97 Å². The van der Waals surface area contributed by atoms with Crippen LogP contribution >= 0.6 is 11.3 Å². The number of carbonyl (C=O) groups excluding carboxylic acids is 1. The maximum absolute atomic E-state index is 12.2. The van der Waals surface area contributed by atoms with Crippen LogP contribution in [0, 0.1) is 6.92 Å². The number of aryl methyl sites for hydroxylation is 1. The van der Waals surface area contributed by atoms with Crippen LogP contribution in [-0.4, -0.2) is 33.6 Å². The first-order valence-electron chi connectivity index (χ1n) is 7.67. The summed E-state index contributed by atoms with van der Waals surface area (Å²) in [5.41, 5.74) is 2.12. The highest BCUT2D eigenvalue weighted by Gasteiger charge is 2.13. The van der Waals surface area contributed by atoms with Gasteiger partial charge in [-0.2, -0.15) is 0 Å². The quantitative estimate of drug-likeness (QED) is 0.692.